The van der Waals surface area contributed by atoms with Crippen LogP contribution in [0.15, 0.2) is 0 Å². The Morgan fingerprint density at radius 2 is 1.93 bits per heavy atom. The van der Waals surface area contributed by atoms with E-state index in [1.165, 1.54) is 0 Å². The van der Waals surface area contributed by atoms with E-state index in [2.05, 4.69) is 4.90 Å². The van der Waals surface area contributed by atoms with Gasteiger partial charge in [-0.2, -0.15) is 0 Å². The Kier molecular flexibility index (Phi) is 2.31. The van der Waals surface area contributed by atoms with Gasteiger partial charge in [-0.25, -0.2) is 0 Å². The van der Waals surface area contributed by atoms with Crippen LogP contribution in [0.2, 0.25) is 0 Å². The van der Waals surface area contributed by atoms with E-state index in [0.717, 1.165) is 19.5 Å². The first-order valence-corrected chi connectivity index (χ1v) is 5.08. The molecular formula is C10H16N2O2. The molecule has 0 aliphatic carbocycles. The molecule has 2 saturated heterocycles. The second-order valence-electron chi connectivity index (χ2n) is 4.35. The zero-order valence-corrected chi connectivity index (χ0v) is 8.69. The number of likely N-dealkylation sites (tertiary alicyclic amines) is 2. The van der Waals surface area contributed by atoms with Gasteiger partial charge in [-0.3, -0.25) is 14.5 Å². The molecule has 2 fully saturated rings. The number of hydrogen-bond acceptors (Lipinski definition) is 3. The zero-order chi connectivity index (χ0) is 10.3. The SMILES string of the molecule is CC(=O)CN1C[C@@H]2C[C@H]1CN2C(C)=O. The van der Waals surface area contributed by atoms with Gasteiger partial charge in [0.15, 0.2) is 0 Å². The summed E-state index contributed by atoms with van der Waals surface area (Å²) in [5.74, 6) is 0.381. The number of carbonyl (C=O) groups excluding carboxylic acids is 2. The molecule has 2 bridgehead atoms. The summed E-state index contributed by atoms with van der Waals surface area (Å²) in [4.78, 5) is 26.3. The minimum absolute atomic E-state index is 0.167. The van der Waals surface area contributed by atoms with Gasteiger partial charge in [0, 0.05) is 32.1 Å². The summed E-state index contributed by atoms with van der Waals surface area (Å²) in [5.41, 5.74) is 0. The Morgan fingerprint density at radius 1 is 1.21 bits per heavy atom. The molecule has 2 aliphatic heterocycles. The second kappa shape index (κ2) is 3.35. The van der Waals surface area contributed by atoms with Crippen LogP contribution in [0.4, 0.5) is 0 Å². The van der Waals surface area contributed by atoms with Crippen molar-refractivity contribution in [3.63, 3.8) is 0 Å². The molecule has 0 radical (unpaired) electrons. The largest absolute Gasteiger partial charge is 0.337 e. The van der Waals surface area contributed by atoms with Crippen molar-refractivity contribution in [2.75, 3.05) is 19.6 Å². The number of hydrogen-bond donors (Lipinski definition) is 0. The van der Waals surface area contributed by atoms with Crippen molar-refractivity contribution in [3.05, 3.63) is 0 Å². The number of rotatable bonds is 2. The number of piperazine rings is 1. The molecule has 4 heteroatoms. The lowest BCUT2D eigenvalue weighted by atomic mass is 10.2. The molecule has 0 unspecified atom stereocenters. The highest BCUT2D eigenvalue weighted by molar-refractivity contribution is 5.78. The lowest BCUT2D eigenvalue weighted by molar-refractivity contribution is -0.131. The highest BCUT2D eigenvalue weighted by atomic mass is 16.2. The molecule has 0 aromatic rings. The summed E-state index contributed by atoms with van der Waals surface area (Å²) in [6.45, 7) is 5.48. The average molecular weight is 196 g/mol. The van der Waals surface area contributed by atoms with Crippen LogP contribution in [0.25, 0.3) is 0 Å². The van der Waals surface area contributed by atoms with Crippen LogP contribution in [-0.4, -0.2) is 53.2 Å². The Morgan fingerprint density at radius 3 is 2.36 bits per heavy atom. The third kappa shape index (κ3) is 1.54. The fourth-order valence-electron chi connectivity index (χ4n) is 2.61. The topological polar surface area (TPSA) is 40.6 Å². The van der Waals surface area contributed by atoms with Crippen molar-refractivity contribution in [1.29, 1.82) is 0 Å². The quantitative estimate of drug-likeness (QED) is 0.618. The standard InChI is InChI=1S/C10H16N2O2/c1-7(13)4-11-5-10-3-9(11)6-12(10)8(2)14/h9-10H,3-6H2,1-2H3/t9-,10-/m0/s1. The van der Waals surface area contributed by atoms with Crippen LogP contribution in [0.1, 0.15) is 20.3 Å². The maximum atomic E-state index is 11.2. The number of amides is 1. The number of nitrogens with zero attached hydrogens (tertiary/aromatic N) is 2. The van der Waals surface area contributed by atoms with Crippen LogP contribution in [0, 0.1) is 0 Å². The summed E-state index contributed by atoms with van der Waals surface area (Å²) in [6.07, 6.45) is 1.05. The highest BCUT2D eigenvalue weighted by Crippen LogP contribution is 2.30. The molecule has 0 saturated carbocycles. The van der Waals surface area contributed by atoms with Gasteiger partial charge in [-0.05, 0) is 13.3 Å². The van der Waals surface area contributed by atoms with Gasteiger partial charge in [0.2, 0.25) is 5.91 Å². The van der Waals surface area contributed by atoms with E-state index < -0.39 is 0 Å². The number of Topliss-reactive ketones (excluding diaryl/α,β-unsaturated/α-hetero) is 1. The van der Waals surface area contributed by atoms with E-state index in [9.17, 15) is 9.59 Å². The number of carbonyl (C=O) groups is 2. The van der Waals surface area contributed by atoms with Crippen molar-refractivity contribution in [2.45, 2.75) is 32.4 Å². The molecule has 0 aromatic carbocycles. The Labute approximate surface area is 83.9 Å². The molecular weight excluding hydrogens is 180 g/mol. The Hall–Kier alpha value is -0.900. The van der Waals surface area contributed by atoms with E-state index in [-0.39, 0.29) is 11.7 Å². The van der Waals surface area contributed by atoms with E-state index in [1.54, 1.807) is 13.8 Å². The first kappa shape index (κ1) is 9.65. The van der Waals surface area contributed by atoms with E-state index >= 15 is 0 Å². The lowest BCUT2D eigenvalue weighted by Gasteiger charge is -2.32. The predicted molar refractivity (Wildman–Crippen MR) is 51.8 cm³/mol. The molecule has 0 spiro atoms. The highest BCUT2D eigenvalue weighted by Gasteiger charge is 2.44. The van der Waals surface area contributed by atoms with Gasteiger partial charge < -0.3 is 4.90 Å². The maximum absolute atomic E-state index is 11.2. The lowest BCUT2D eigenvalue weighted by Crippen LogP contribution is -2.49. The average Bonchev–Trinajstić information content (AvgIpc) is 2.60. The van der Waals surface area contributed by atoms with Crippen LogP contribution in [0.5, 0.6) is 0 Å². The van der Waals surface area contributed by atoms with Crippen LogP contribution in [0.3, 0.4) is 0 Å². The molecule has 2 atom stereocenters. The number of fused-ring (bicyclic) bond motifs is 2. The molecule has 2 aliphatic rings. The Bertz CT molecular complexity index is 277. The van der Waals surface area contributed by atoms with Crippen molar-refractivity contribution < 1.29 is 9.59 Å². The molecule has 1 amide bonds. The Balaban J connectivity index is 1.96. The molecule has 2 rings (SSSR count). The van der Waals surface area contributed by atoms with Gasteiger partial charge >= 0.3 is 0 Å². The van der Waals surface area contributed by atoms with Gasteiger partial charge in [-0.1, -0.05) is 0 Å². The first-order valence-electron chi connectivity index (χ1n) is 5.08. The molecule has 0 aromatic heterocycles. The molecule has 2 heterocycles. The smallest absolute Gasteiger partial charge is 0.219 e. The summed E-state index contributed by atoms with van der Waals surface area (Å²) >= 11 is 0. The molecule has 78 valence electrons. The third-order valence-electron chi connectivity index (χ3n) is 3.18. The normalized spacial score (nSPS) is 31.1. The van der Waals surface area contributed by atoms with Crippen LogP contribution in [-0.2, 0) is 9.59 Å². The van der Waals surface area contributed by atoms with Crippen molar-refractivity contribution in [2.24, 2.45) is 0 Å². The van der Waals surface area contributed by atoms with Crippen molar-refractivity contribution in [1.82, 2.24) is 9.80 Å². The van der Waals surface area contributed by atoms with Crippen LogP contribution >= 0.6 is 0 Å². The predicted octanol–water partition coefficient (Wildman–Crippen LogP) is -0.120. The van der Waals surface area contributed by atoms with Crippen molar-refractivity contribution in [3.8, 4) is 0 Å². The summed E-state index contributed by atoms with van der Waals surface area (Å²) in [7, 11) is 0. The minimum atomic E-state index is 0.167. The third-order valence-corrected chi connectivity index (χ3v) is 3.18. The van der Waals surface area contributed by atoms with E-state index in [0.29, 0.717) is 18.6 Å². The minimum Gasteiger partial charge on any atom is -0.337 e. The van der Waals surface area contributed by atoms with Gasteiger partial charge in [-0.15, -0.1) is 0 Å². The monoisotopic (exact) mass is 196 g/mol. The fourth-order valence-corrected chi connectivity index (χ4v) is 2.61. The van der Waals surface area contributed by atoms with Gasteiger partial charge in [0.05, 0.1) is 6.54 Å². The molecule has 0 N–H and O–H groups in total. The summed E-state index contributed by atoms with van der Waals surface area (Å²) in [5, 5.41) is 0. The zero-order valence-electron chi connectivity index (χ0n) is 8.69. The van der Waals surface area contributed by atoms with E-state index in [1.807, 2.05) is 4.90 Å². The molecule has 14 heavy (non-hydrogen) atoms. The fraction of sp³-hybridized carbons (Fsp3) is 0.800. The summed E-state index contributed by atoms with van der Waals surface area (Å²) in [6, 6.07) is 0.782. The van der Waals surface area contributed by atoms with Gasteiger partial charge in [0.1, 0.15) is 5.78 Å². The number of ketones is 1. The van der Waals surface area contributed by atoms with Crippen molar-refractivity contribution >= 4 is 11.7 Å². The van der Waals surface area contributed by atoms with Crippen LogP contribution < -0.4 is 0 Å². The maximum Gasteiger partial charge on any atom is 0.219 e. The molecule has 4 nitrogen and oxygen atoms in total. The second-order valence-corrected chi connectivity index (χ2v) is 4.35. The first-order chi connectivity index (χ1) is 6.58. The summed E-state index contributed by atoms with van der Waals surface area (Å²) < 4.78 is 0. The van der Waals surface area contributed by atoms with E-state index in [4.69, 9.17) is 0 Å². The van der Waals surface area contributed by atoms with Gasteiger partial charge in [0.25, 0.3) is 0 Å².